The highest BCUT2D eigenvalue weighted by atomic mass is 35.5. The molecule has 0 heterocycles. The van der Waals surface area contributed by atoms with Crippen LogP contribution in [0.2, 0.25) is 5.02 Å². The third kappa shape index (κ3) is 5.20. The first-order valence-corrected chi connectivity index (χ1v) is 6.86. The summed E-state index contributed by atoms with van der Waals surface area (Å²) in [5.41, 5.74) is 7.61. The number of benzene rings is 2. The number of hydrogen-bond donors (Lipinski definition) is 1. The Morgan fingerprint density at radius 1 is 1.10 bits per heavy atom. The van der Waals surface area contributed by atoms with Crippen LogP contribution < -0.4 is 5.73 Å². The molecule has 0 aromatic heterocycles. The second-order valence-electron chi connectivity index (χ2n) is 4.48. The maximum absolute atomic E-state index is 13.5. The van der Waals surface area contributed by atoms with Crippen molar-refractivity contribution in [2.45, 2.75) is 13.2 Å². The third-order valence-electron chi connectivity index (χ3n) is 2.72. The highest BCUT2D eigenvalue weighted by Gasteiger charge is 2.01. The zero-order valence-corrected chi connectivity index (χ0v) is 12.2. The van der Waals surface area contributed by atoms with Gasteiger partial charge in [0.15, 0.2) is 0 Å². The van der Waals surface area contributed by atoms with Gasteiger partial charge in [0, 0.05) is 10.6 Å². The van der Waals surface area contributed by atoms with E-state index in [0.29, 0.717) is 23.8 Å². The van der Waals surface area contributed by atoms with Crippen LogP contribution in [0.4, 0.5) is 4.39 Å². The maximum Gasteiger partial charge on any atom is 0.124 e. The normalized spacial score (nSPS) is 10.0. The van der Waals surface area contributed by atoms with Gasteiger partial charge in [-0.2, -0.15) is 0 Å². The van der Waals surface area contributed by atoms with E-state index in [1.807, 2.05) is 18.2 Å². The minimum atomic E-state index is -0.333. The van der Waals surface area contributed by atoms with Crippen molar-refractivity contribution in [3.63, 3.8) is 0 Å². The Kier molecular flexibility index (Phi) is 5.77. The minimum absolute atomic E-state index is 0.247. The van der Waals surface area contributed by atoms with E-state index < -0.39 is 0 Å². The number of halogens is 2. The fourth-order valence-electron chi connectivity index (χ4n) is 1.87. The summed E-state index contributed by atoms with van der Waals surface area (Å²) < 4.78 is 19.1. The fourth-order valence-corrected chi connectivity index (χ4v) is 2.09. The van der Waals surface area contributed by atoms with Gasteiger partial charge in [0.1, 0.15) is 5.82 Å². The molecule has 0 aliphatic heterocycles. The average Bonchev–Trinajstić information content (AvgIpc) is 2.45. The lowest BCUT2D eigenvalue weighted by Crippen LogP contribution is -1.96. The molecule has 2 N–H and O–H groups in total. The predicted molar refractivity (Wildman–Crippen MR) is 82.3 cm³/mol. The maximum atomic E-state index is 13.5. The van der Waals surface area contributed by atoms with Crippen LogP contribution in [-0.2, 0) is 18.0 Å². The van der Waals surface area contributed by atoms with Gasteiger partial charge in [-0.05, 0) is 41.5 Å². The van der Waals surface area contributed by atoms with E-state index in [1.54, 1.807) is 12.1 Å². The summed E-state index contributed by atoms with van der Waals surface area (Å²) in [5.74, 6) is 5.18. The minimum Gasteiger partial charge on any atom is -0.372 e. The summed E-state index contributed by atoms with van der Waals surface area (Å²) in [6.45, 7) is 0.972. The molecule has 0 saturated heterocycles. The Bertz CT molecular complexity index is 676. The standard InChI is InChI=1S/C17H15ClFNO/c18-16-5-1-3-14(8-16)11-21-12-15-7-13(4-2-6-20)9-17(19)10-15/h1,3,5,7-10H,6,11-12,20H2. The molecule has 0 bridgehead atoms. The average molecular weight is 304 g/mol. The van der Waals surface area contributed by atoms with Crippen molar-refractivity contribution >= 4 is 11.6 Å². The van der Waals surface area contributed by atoms with Crippen molar-refractivity contribution in [3.8, 4) is 11.8 Å². The van der Waals surface area contributed by atoms with E-state index in [1.165, 1.54) is 12.1 Å². The predicted octanol–water partition coefficient (Wildman–Crippen LogP) is 3.51. The summed E-state index contributed by atoms with van der Waals surface area (Å²) in [5, 5.41) is 0.668. The monoisotopic (exact) mass is 303 g/mol. The molecule has 0 fully saturated rings. The Balaban J connectivity index is 1.98. The number of hydrogen-bond acceptors (Lipinski definition) is 2. The van der Waals surface area contributed by atoms with Crippen molar-refractivity contribution in [2.75, 3.05) is 6.54 Å². The smallest absolute Gasteiger partial charge is 0.124 e. The van der Waals surface area contributed by atoms with Crippen LogP contribution in [0.1, 0.15) is 16.7 Å². The van der Waals surface area contributed by atoms with Crippen molar-refractivity contribution < 1.29 is 9.13 Å². The SMILES string of the molecule is NCC#Cc1cc(F)cc(COCc2cccc(Cl)c2)c1. The van der Waals surface area contributed by atoms with Crippen molar-refractivity contribution in [1.82, 2.24) is 0 Å². The molecule has 0 unspecified atom stereocenters. The van der Waals surface area contributed by atoms with Crippen LogP contribution in [0.25, 0.3) is 0 Å². The van der Waals surface area contributed by atoms with Gasteiger partial charge in [0.25, 0.3) is 0 Å². The van der Waals surface area contributed by atoms with Crippen molar-refractivity contribution in [1.29, 1.82) is 0 Å². The van der Waals surface area contributed by atoms with Crippen LogP contribution in [0.5, 0.6) is 0 Å². The van der Waals surface area contributed by atoms with E-state index in [0.717, 1.165) is 11.1 Å². The lowest BCUT2D eigenvalue weighted by molar-refractivity contribution is 0.107. The molecule has 0 atom stereocenters. The Morgan fingerprint density at radius 3 is 2.67 bits per heavy atom. The molecule has 108 valence electrons. The van der Waals surface area contributed by atoms with Crippen LogP contribution in [0.15, 0.2) is 42.5 Å². The number of rotatable bonds is 4. The summed E-state index contributed by atoms with van der Waals surface area (Å²) >= 11 is 5.90. The van der Waals surface area contributed by atoms with Gasteiger partial charge in [-0.25, -0.2) is 4.39 Å². The highest BCUT2D eigenvalue weighted by molar-refractivity contribution is 6.30. The second-order valence-corrected chi connectivity index (χ2v) is 4.91. The van der Waals surface area contributed by atoms with Gasteiger partial charge in [-0.1, -0.05) is 35.6 Å². The van der Waals surface area contributed by atoms with E-state index in [-0.39, 0.29) is 12.4 Å². The van der Waals surface area contributed by atoms with E-state index in [2.05, 4.69) is 11.8 Å². The second kappa shape index (κ2) is 7.80. The van der Waals surface area contributed by atoms with Crippen LogP contribution in [0, 0.1) is 17.7 Å². The summed E-state index contributed by atoms with van der Waals surface area (Å²) in [7, 11) is 0. The molecule has 2 aromatic rings. The van der Waals surface area contributed by atoms with Gasteiger partial charge >= 0.3 is 0 Å². The molecular weight excluding hydrogens is 289 g/mol. The topological polar surface area (TPSA) is 35.2 Å². The van der Waals surface area contributed by atoms with E-state index in [9.17, 15) is 4.39 Å². The molecule has 0 aliphatic rings. The van der Waals surface area contributed by atoms with E-state index >= 15 is 0 Å². The van der Waals surface area contributed by atoms with Crippen molar-refractivity contribution in [2.24, 2.45) is 5.73 Å². The Hall–Kier alpha value is -1.86. The molecule has 21 heavy (non-hydrogen) atoms. The van der Waals surface area contributed by atoms with Gasteiger partial charge in [0.05, 0.1) is 19.8 Å². The molecule has 4 heteroatoms. The molecule has 2 nitrogen and oxygen atoms in total. The quantitative estimate of drug-likeness (QED) is 0.877. The van der Waals surface area contributed by atoms with Crippen LogP contribution in [-0.4, -0.2) is 6.54 Å². The van der Waals surface area contributed by atoms with Gasteiger partial charge in [-0.15, -0.1) is 0 Å². The first kappa shape index (κ1) is 15.5. The molecule has 0 amide bonds. The third-order valence-corrected chi connectivity index (χ3v) is 2.95. The van der Waals surface area contributed by atoms with Gasteiger partial charge in [0.2, 0.25) is 0 Å². The molecular formula is C17H15ClFNO. The van der Waals surface area contributed by atoms with Crippen LogP contribution in [0.3, 0.4) is 0 Å². The van der Waals surface area contributed by atoms with Crippen LogP contribution >= 0.6 is 11.6 Å². The molecule has 0 spiro atoms. The summed E-state index contributed by atoms with van der Waals surface area (Å²) in [6, 6.07) is 12.0. The lowest BCUT2D eigenvalue weighted by atomic mass is 10.1. The van der Waals surface area contributed by atoms with Gasteiger partial charge < -0.3 is 10.5 Å². The first-order valence-electron chi connectivity index (χ1n) is 6.48. The number of ether oxygens (including phenoxy) is 1. The molecule has 0 saturated carbocycles. The fraction of sp³-hybridized carbons (Fsp3) is 0.176. The summed E-state index contributed by atoms with van der Waals surface area (Å²) in [4.78, 5) is 0. The largest absolute Gasteiger partial charge is 0.372 e. The van der Waals surface area contributed by atoms with Crippen molar-refractivity contribution in [3.05, 3.63) is 70.0 Å². The number of nitrogens with two attached hydrogens (primary N) is 1. The zero-order valence-electron chi connectivity index (χ0n) is 11.4. The zero-order chi connectivity index (χ0) is 15.1. The molecule has 2 rings (SSSR count). The van der Waals surface area contributed by atoms with Gasteiger partial charge in [-0.3, -0.25) is 0 Å². The Labute approximate surface area is 128 Å². The highest BCUT2D eigenvalue weighted by Crippen LogP contribution is 2.14. The molecule has 0 aliphatic carbocycles. The van der Waals surface area contributed by atoms with E-state index in [4.69, 9.17) is 22.1 Å². The molecule has 2 aromatic carbocycles. The lowest BCUT2D eigenvalue weighted by Gasteiger charge is -2.06. The molecule has 0 radical (unpaired) electrons. The Morgan fingerprint density at radius 2 is 1.90 bits per heavy atom. The summed E-state index contributed by atoms with van der Waals surface area (Å²) in [6.07, 6.45) is 0. The first-order chi connectivity index (χ1) is 10.2.